The molecular formula is C21H21NO5. The summed E-state index contributed by atoms with van der Waals surface area (Å²) in [5.74, 6) is 0.735. The van der Waals surface area contributed by atoms with E-state index < -0.39 is 0 Å². The first kappa shape index (κ1) is 17.6. The summed E-state index contributed by atoms with van der Waals surface area (Å²) in [5.41, 5.74) is 2.01. The third kappa shape index (κ3) is 3.29. The number of methoxy groups -OCH3 is 1. The highest BCUT2D eigenvalue weighted by atomic mass is 16.5. The lowest BCUT2D eigenvalue weighted by Gasteiger charge is -2.27. The molecule has 0 spiro atoms. The Morgan fingerprint density at radius 3 is 2.67 bits per heavy atom. The summed E-state index contributed by atoms with van der Waals surface area (Å²) in [4.78, 5) is 15.3. The average molecular weight is 367 g/mol. The molecule has 1 aliphatic rings. The molecule has 1 N–H and O–H groups in total. The first-order chi connectivity index (χ1) is 13.2. The van der Waals surface area contributed by atoms with E-state index in [-0.39, 0.29) is 11.2 Å². The molecule has 3 aromatic rings. The summed E-state index contributed by atoms with van der Waals surface area (Å²) in [6, 6.07) is 10.5. The number of ether oxygens (including phenoxy) is 2. The van der Waals surface area contributed by atoms with Gasteiger partial charge in [-0.2, -0.15) is 0 Å². The highest BCUT2D eigenvalue weighted by Crippen LogP contribution is 2.32. The minimum Gasteiger partial charge on any atom is -0.507 e. The van der Waals surface area contributed by atoms with Crippen LogP contribution in [0.1, 0.15) is 5.56 Å². The van der Waals surface area contributed by atoms with Crippen LogP contribution >= 0.6 is 0 Å². The van der Waals surface area contributed by atoms with Crippen molar-refractivity contribution in [3.8, 4) is 22.6 Å². The number of phenolic OH excluding ortho intramolecular Hbond substituents is 1. The number of aromatic hydroxyl groups is 1. The number of benzene rings is 2. The van der Waals surface area contributed by atoms with Gasteiger partial charge in [-0.1, -0.05) is 18.2 Å². The summed E-state index contributed by atoms with van der Waals surface area (Å²) < 4.78 is 16.6. The Bertz CT molecular complexity index is 1020. The molecule has 27 heavy (non-hydrogen) atoms. The van der Waals surface area contributed by atoms with E-state index in [0.29, 0.717) is 53.2 Å². The van der Waals surface area contributed by atoms with Crippen LogP contribution < -0.4 is 10.2 Å². The van der Waals surface area contributed by atoms with Crippen LogP contribution in [0.4, 0.5) is 0 Å². The molecule has 0 unspecified atom stereocenters. The number of morpholine rings is 1. The third-order valence-corrected chi connectivity index (χ3v) is 4.90. The summed E-state index contributed by atoms with van der Waals surface area (Å²) in [6.45, 7) is 3.38. The Morgan fingerprint density at radius 1 is 1.11 bits per heavy atom. The zero-order valence-electron chi connectivity index (χ0n) is 15.1. The molecule has 6 heteroatoms. The van der Waals surface area contributed by atoms with E-state index in [2.05, 4.69) is 4.90 Å². The van der Waals surface area contributed by atoms with Gasteiger partial charge in [0.05, 0.1) is 36.8 Å². The predicted octanol–water partition coefficient (Wildman–Crippen LogP) is 3.01. The molecule has 1 aromatic heterocycles. The Kier molecular flexibility index (Phi) is 4.83. The van der Waals surface area contributed by atoms with Gasteiger partial charge in [-0.25, -0.2) is 0 Å². The second-order valence-electron chi connectivity index (χ2n) is 6.51. The molecule has 0 saturated carbocycles. The fourth-order valence-corrected chi connectivity index (χ4v) is 3.44. The van der Waals surface area contributed by atoms with Crippen LogP contribution in [0.25, 0.3) is 22.1 Å². The van der Waals surface area contributed by atoms with Crippen molar-refractivity contribution in [2.75, 3.05) is 33.4 Å². The van der Waals surface area contributed by atoms with Gasteiger partial charge in [-0.3, -0.25) is 9.69 Å². The van der Waals surface area contributed by atoms with Crippen molar-refractivity contribution in [2.24, 2.45) is 0 Å². The molecule has 0 bridgehead atoms. The van der Waals surface area contributed by atoms with Gasteiger partial charge in [0.1, 0.15) is 23.3 Å². The molecule has 1 fully saturated rings. The minimum absolute atomic E-state index is 0.127. The van der Waals surface area contributed by atoms with Gasteiger partial charge in [0.2, 0.25) is 5.43 Å². The van der Waals surface area contributed by atoms with E-state index >= 15 is 0 Å². The van der Waals surface area contributed by atoms with Crippen molar-refractivity contribution in [2.45, 2.75) is 6.54 Å². The highest BCUT2D eigenvalue weighted by molar-refractivity contribution is 5.86. The highest BCUT2D eigenvalue weighted by Gasteiger charge is 2.19. The lowest BCUT2D eigenvalue weighted by atomic mass is 10.0. The summed E-state index contributed by atoms with van der Waals surface area (Å²) in [7, 11) is 1.57. The molecule has 0 radical (unpaired) electrons. The van der Waals surface area contributed by atoms with Gasteiger partial charge in [0.15, 0.2) is 0 Å². The third-order valence-electron chi connectivity index (χ3n) is 4.90. The fraction of sp³-hybridized carbons (Fsp3) is 0.286. The van der Waals surface area contributed by atoms with Crippen molar-refractivity contribution in [3.63, 3.8) is 0 Å². The van der Waals surface area contributed by atoms with Crippen molar-refractivity contribution in [1.29, 1.82) is 0 Å². The van der Waals surface area contributed by atoms with Crippen molar-refractivity contribution < 1.29 is 19.0 Å². The zero-order chi connectivity index (χ0) is 18.8. The van der Waals surface area contributed by atoms with Gasteiger partial charge >= 0.3 is 0 Å². The number of hydrogen-bond donors (Lipinski definition) is 1. The van der Waals surface area contributed by atoms with Crippen LogP contribution in [0.5, 0.6) is 11.5 Å². The quantitative estimate of drug-likeness (QED) is 0.764. The normalized spacial score (nSPS) is 15.1. The molecule has 4 rings (SSSR count). The van der Waals surface area contributed by atoms with E-state index in [1.807, 2.05) is 18.2 Å². The van der Waals surface area contributed by atoms with E-state index in [4.69, 9.17) is 13.9 Å². The zero-order valence-corrected chi connectivity index (χ0v) is 15.1. The number of fused-ring (bicyclic) bond motifs is 1. The van der Waals surface area contributed by atoms with Crippen molar-refractivity contribution >= 4 is 11.0 Å². The van der Waals surface area contributed by atoms with Gasteiger partial charge in [0, 0.05) is 25.2 Å². The predicted molar refractivity (Wildman–Crippen MR) is 102 cm³/mol. The topological polar surface area (TPSA) is 72.1 Å². The van der Waals surface area contributed by atoms with Crippen LogP contribution in [0.3, 0.4) is 0 Å². The van der Waals surface area contributed by atoms with E-state index in [1.165, 1.54) is 6.26 Å². The smallest absolute Gasteiger partial charge is 0.200 e. The fourth-order valence-electron chi connectivity index (χ4n) is 3.44. The molecular weight excluding hydrogens is 346 g/mol. The number of hydrogen-bond acceptors (Lipinski definition) is 6. The molecule has 6 nitrogen and oxygen atoms in total. The van der Waals surface area contributed by atoms with E-state index in [9.17, 15) is 9.90 Å². The molecule has 1 aliphatic heterocycles. The number of phenols is 1. The lowest BCUT2D eigenvalue weighted by molar-refractivity contribution is 0.0339. The van der Waals surface area contributed by atoms with Crippen molar-refractivity contribution in [3.05, 3.63) is 58.4 Å². The van der Waals surface area contributed by atoms with Gasteiger partial charge in [-0.15, -0.1) is 0 Å². The lowest BCUT2D eigenvalue weighted by Crippen LogP contribution is -2.35. The molecule has 0 aliphatic carbocycles. The van der Waals surface area contributed by atoms with Crippen molar-refractivity contribution in [1.82, 2.24) is 4.90 Å². The largest absolute Gasteiger partial charge is 0.507 e. The van der Waals surface area contributed by atoms with Gasteiger partial charge in [0.25, 0.3) is 0 Å². The first-order valence-electron chi connectivity index (χ1n) is 8.89. The molecule has 1 saturated heterocycles. The Labute approximate surface area is 156 Å². The summed E-state index contributed by atoms with van der Waals surface area (Å²) in [6.07, 6.45) is 1.45. The van der Waals surface area contributed by atoms with Crippen LogP contribution in [0.15, 0.2) is 51.9 Å². The standard InChI is InChI=1S/C21H21NO5/c1-25-19-5-3-2-4-14(19)17-13-27-21-15(20(17)24)6-7-18(23)16(21)12-22-8-10-26-11-9-22/h2-7,13,23H,8-12H2,1H3. The maximum absolute atomic E-state index is 13.1. The molecule has 2 heterocycles. The number of para-hydroxylation sites is 1. The van der Waals surface area contributed by atoms with E-state index in [1.54, 1.807) is 25.3 Å². The molecule has 0 amide bonds. The SMILES string of the molecule is COc1ccccc1-c1coc2c(CN3CCOCC3)c(O)ccc2c1=O. The number of rotatable bonds is 4. The summed E-state index contributed by atoms with van der Waals surface area (Å²) >= 11 is 0. The molecule has 2 aromatic carbocycles. The second-order valence-corrected chi connectivity index (χ2v) is 6.51. The average Bonchev–Trinajstić information content (AvgIpc) is 2.71. The number of nitrogens with zero attached hydrogens (tertiary/aromatic N) is 1. The van der Waals surface area contributed by atoms with Crippen LogP contribution in [0.2, 0.25) is 0 Å². The summed E-state index contributed by atoms with van der Waals surface area (Å²) in [5, 5.41) is 10.8. The van der Waals surface area contributed by atoms with E-state index in [0.717, 1.165) is 13.1 Å². The minimum atomic E-state index is -0.149. The van der Waals surface area contributed by atoms with Crippen LogP contribution in [-0.2, 0) is 11.3 Å². The van der Waals surface area contributed by atoms with Crippen LogP contribution in [-0.4, -0.2) is 43.4 Å². The molecule has 0 atom stereocenters. The first-order valence-corrected chi connectivity index (χ1v) is 8.89. The van der Waals surface area contributed by atoms with Crippen LogP contribution in [0, 0.1) is 0 Å². The molecule has 140 valence electrons. The Hall–Kier alpha value is -2.83. The van der Waals surface area contributed by atoms with Gasteiger partial charge < -0.3 is 19.0 Å². The Morgan fingerprint density at radius 2 is 1.89 bits per heavy atom. The maximum Gasteiger partial charge on any atom is 0.200 e. The van der Waals surface area contributed by atoms with Gasteiger partial charge in [-0.05, 0) is 18.2 Å². The Balaban J connectivity index is 1.82. The maximum atomic E-state index is 13.1. The second kappa shape index (κ2) is 7.42. The monoisotopic (exact) mass is 367 g/mol.